The second-order valence-electron chi connectivity index (χ2n) is 4.43. The van der Waals surface area contributed by atoms with Crippen molar-refractivity contribution in [3.8, 4) is 0 Å². The number of hydrogen-bond donors (Lipinski definition) is 1. The first-order chi connectivity index (χ1) is 8.19. The Morgan fingerprint density at radius 1 is 1.65 bits per heavy atom. The Bertz CT molecular complexity index is 236. The zero-order valence-electron chi connectivity index (χ0n) is 10.9. The molecule has 1 heterocycles. The quantitative estimate of drug-likeness (QED) is 0.686. The van der Waals surface area contributed by atoms with E-state index in [1.807, 2.05) is 4.90 Å². The SMILES string of the molecule is CCC1CN(C(=O)C(N)CCCOC)CCO1. The van der Waals surface area contributed by atoms with E-state index in [1.165, 1.54) is 0 Å². The highest BCUT2D eigenvalue weighted by Gasteiger charge is 2.26. The maximum atomic E-state index is 12.1. The number of methoxy groups -OCH3 is 1. The van der Waals surface area contributed by atoms with E-state index < -0.39 is 6.04 Å². The van der Waals surface area contributed by atoms with E-state index in [0.717, 1.165) is 12.8 Å². The summed E-state index contributed by atoms with van der Waals surface area (Å²) in [6, 6.07) is -0.402. The molecule has 1 amide bonds. The molecule has 0 spiro atoms. The van der Waals surface area contributed by atoms with E-state index >= 15 is 0 Å². The van der Waals surface area contributed by atoms with E-state index in [4.69, 9.17) is 15.2 Å². The van der Waals surface area contributed by atoms with Gasteiger partial charge >= 0.3 is 0 Å². The van der Waals surface area contributed by atoms with Crippen molar-refractivity contribution < 1.29 is 14.3 Å². The van der Waals surface area contributed by atoms with Gasteiger partial charge in [-0.15, -0.1) is 0 Å². The van der Waals surface area contributed by atoms with Gasteiger partial charge in [-0.1, -0.05) is 6.92 Å². The topological polar surface area (TPSA) is 64.8 Å². The maximum Gasteiger partial charge on any atom is 0.239 e. The minimum atomic E-state index is -0.402. The van der Waals surface area contributed by atoms with Crippen molar-refractivity contribution in [1.29, 1.82) is 0 Å². The fourth-order valence-electron chi connectivity index (χ4n) is 1.97. The normalized spacial score (nSPS) is 22.5. The number of hydrogen-bond acceptors (Lipinski definition) is 4. The number of ether oxygens (including phenoxy) is 2. The predicted molar refractivity (Wildman–Crippen MR) is 65.7 cm³/mol. The van der Waals surface area contributed by atoms with E-state index in [0.29, 0.717) is 32.7 Å². The van der Waals surface area contributed by atoms with Crippen LogP contribution in [0.15, 0.2) is 0 Å². The molecule has 1 fully saturated rings. The van der Waals surface area contributed by atoms with Crippen molar-refractivity contribution in [2.75, 3.05) is 33.4 Å². The third-order valence-electron chi connectivity index (χ3n) is 3.09. The highest BCUT2D eigenvalue weighted by atomic mass is 16.5. The molecule has 0 aromatic carbocycles. The average Bonchev–Trinajstić information content (AvgIpc) is 2.38. The second-order valence-corrected chi connectivity index (χ2v) is 4.43. The molecule has 1 aliphatic heterocycles. The summed E-state index contributed by atoms with van der Waals surface area (Å²) in [6.07, 6.45) is 2.60. The first-order valence-corrected chi connectivity index (χ1v) is 6.34. The van der Waals surface area contributed by atoms with Gasteiger partial charge in [0, 0.05) is 26.8 Å². The van der Waals surface area contributed by atoms with Gasteiger partial charge in [-0.25, -0.2) is 0 Å². The van der Waals surface area contributed by atoms with Crippen LogP contribution >= 0.6 is 0 Å². The van der Waals surface area contributed by atoms with E-state index in [-0.39, 0.29) is 12.0 Å². The molecule has 1 rings (SSSR count). The zero-order valence-corrected chi connectivity index (χ0v) is 10.9. The van der Waals surface area contributed by atoms with Crippen LogP contribution in [0.3, 0.4) is 0 Å². The summed E-state index contributed by atoms with van der Waals surface area (Å²) in [6.45, 7) is 4.68. The average molecular weight is 244 g/mol. The van der Waals surface area contributed by atoms with Crippen molar-refractivity contribution in [2.45, 2.75) is 38.3 Å². The highest BCUT2D eigenvalue weighted by Crippen LogP contribution is 2.10. The lowest BCUT2D eigenvalue weighted by molar-refractivity contribution is -0.140. The number of carbonyl (C=O) groups excluding carboxylic acids is 1. The van der Waals surface area contributed by atoms with Gasteiger partial charge in [0.1, 0.15) is 0 Å². The molecule has 0 radical (unpaired) electrons. The standard InChI is InChI=1S/C12H24N2O3/c1-3-10-9-14(6-8-17-10)12(15)11(13)5-4-7-16-2/h10-11H,3-9,13H2,1-2H3. The molecule has 0 saturated carbocycles. The van der Waals surface area contributed by atoms with Crippen LogP contribution in [0.1, 0.15) is 26.2 Å². The summed E-state index contributed by atoms with van der Waals surface area (Å²) in [5.74, 6) is 0.0443. The molecule has 17 heavy (non-hydrogen) atoms. The number of carbonyl (C=O) groups is 1. The predicted octanol–water partition coefficient (Wildman–Crippen LogP) is 0.378. The Morgan fingerprint density at radius 3 is 3.06 bits per heavy atom. The number of morpholine rings is 1. The van der Waals surface area contributed by atoms with Gasteiger partial charge in [0.05, 0.1) is 18.8 Å². The van der Waals surface area contributed by atoms with Crippen LogP contribution in [0.2, 0.25) is 0 Å². The van der Waals surface area contributed by atoms with Crippen LogP contribution < -0.4 is 5.73 Å². The van der Waals surface area contributed by atoms with Crippen LogP contribution in [-0.4, -0.2) is 56.4 Å². The number of nitrogens with zero attached hydrogens (tertiary/aromatic N) is 1. The number of amides is 1. The lowest BCUT2D eigenvalue weighted by Gasteiger charge is -2.34. The summed E-state index contributed by atoms with van der Waals surface area (Å²) in [4.78, 5) is 13.9. The summed E-state index contributed by atoms with van der Waals surface area (Å²) in [7, 11) is 1.65. The first-order valence-electron chi connectivity index (χ1n) is 6.34. The van der Waals surface area contributed by atoms with Crippen molar-refractivity contribution in [1.82, 2.24) is 4.90 Å². The molecule has 2 unspecified atom stereocenters. The van der Waals surface area contributed by atoms with Crippen molar-refractivity contribution in [3.63, 3.8) is 0 Å². The van der Waals surface area contributed by atoms with Gasteiger partial charge in [-0.3, -0.25) is 4.79 Å². The third-order valence-corrected chi connectivity index (χ3v) is 3.09. The highest BCUT2D eigenvalue weighted by molar-refractivity contribution is 5.81. The monoisotopic (exact) mass is 244 g/mol. The second kappa shape index (κ2) is 7.63. The molecule has 100 valence electrons. The number of rotatable bonds is 6. The molecule has 0 bridgehead atoms. The van der Waals surface area contributed by atoms with E-state index in [9.17, 15) is 4.79 Å². The molecule has 0 aromatic rings. The van der Waals surface area contributed by atoms with E-state index in [2.05, 4.69) is 6.92 Å². The number of nitrogens with two attached hydrogens (primary N) is 1. The van der Waals surface area contributed by atoms with Crippen molar-refractivity contribution in [3.05, 3.63) is 0 Å². The van der Waals surface area contributed by atoms with Gasteiger partial charge in [-0.05, 0) is 19.3 Å². The Labute approximate surface area is 103 Å². The summed E-state index contributed by atoms with van der Waals surface area (Å²) in [5.41, 5.74) is 5.89. The summed E-state index contributed by atoms with van der Waals surface area (Å²) >= 11 is 0. The molecule has 1 aliphatic rings. The van der Waals surface area contributed by atoms with Crippen LogP contribution in [-0.2, 0) is 14.3 Å². The van der Waals surface area contributed by atoms with Crippen LogP contribution in [0.4, 0.5) is 0 Å². The van der Waals surface area contributed by atoms with Crippen molar-refractivity contribution in [2.24, 2.45) is 5.73 Å². The first kappa shape index (κ1) is 14.4. The summed E-state index contributed by atoms with van der Waals surface area (Å²) < 4.78 is 10.5. The molecular formula is C12H24N2O3. The Balaban J connectivity index is 2.34. The summed E-state index contributed by atoms with van der Waals surface area (Å²) in [5, 5.41) is 0. The zero-order chi connectivity index (χ0) is 12.7. The molecule has 2 atom stereocenters. The lowest BCUT2D eigenvalue weighted by atomic mass is 10.1. The van der Waals surface area contributed by atoms with Gasteiger partial charge in [0.15, 0.2) is 0 Å². The van der Waals surface area contributed by atoms with Gasteiger partial charge in [0.25, 0.3) is 0 Å². The minimum Gasteiger partial charge on any atom is -0.385 e. The molecule has 0 aromatic heterocycles. The van der Waals surface area contributed by atoms with Gasteiger partial charge < -0.3 is 20.1 Å². The molecule has 1 saturated heterocycles. The fourth-order valence-corrected chi connectivity index (χ4v) is 1.97. The molecule has 0 aliphatic carbocycles. The van der Waals surface area contributed by atoms with Crippen LogP contribution in [0, 0.1) is 0 Å². The lowest BCUT2D eigenvalue weighted by Crippen LogP contribution is -2.51. The largest absolute Gasteiger partial charge is 0.385 e. The molecular weight excluding hydrogens is 220 g/mol. The smallest absolute Gasteiger partial charge is 0.239 e. The van der Waals surface area contributed by atoms with Crippen LogP contribution in [0.5, 0.6) is 0 Å². The minimum absolute atomic E-state index is 0.0443. The molecule has 5 nitrogen and oxygen atoms in total. The maximum absolute atomic E-state index is 12.1. The third kappa shape index (κ3) is 4.61. The van der Waals surface area contributed by atoms with Gasteiger partial charge in [0.2, 0.25) is 5.91 Å². The Kier molecular flexibility index (Phi) is 6.47. The van der Waals surface area contributed by atoms with E-state index in [1.54, 1.807) is 7.11 Å². The molecule has 5 heteroatoms. The van der Waals surface area contributed by atoms with Crippen molar-refractivity contribution >= 4 is 5.91 Å². The van der Waals surface area contributed by atoms with Crippen LogP contribution in [0.25, 0.3) is 0 Å². The fraction of sp³-hybridized carbons (Fsp3) is 0.917. The Hall–Kier alpha value is -0.650. The van der Waals surface area contributed by atoms with Gasteiger partial charge in [-0.2, -0.15) is 0 Å². The Morgan fingerprint density at radius 2 is 2.41 bits per heavy atom. The molecule has 2 N–H and O–H groups in total.